The summed E-state index contributed by atoms with van der Waals surface area (Å²) in [6.45, 7) is 0.768. The fraction of sp³-hybridized carbons (Fsp3) is 0.467. The minimum atomic E-state index is -0.819. The number of hydrogen-bond donors (Lipinski definition) is 1. The van der Waals surface area contributed by atoms with Gasteiger partial charge in [0.25, 0.3) is 0 Å². The number of aryl methyl sites for hydroxylation is 1. The molecular weight excluding hydrogens is 212 g/mol. The van der Waals surface area contributed by atoms with Crippen molar-refractivity contribution < 1.29 is 9.84 Å². The van der Waals surface area contributed by atoms with Gasteiger partial charge in [-0.25, -0.2) is 0 Å². The van der Waals surface area contributed by atoms with Gasteiger partial charge >= 0.3 is 0 Å². The molecule has 0 saturated heterocycles. The molecule has 1 aliphatic carbocycles. The summed E-state index contributed by atoms with van der Waals surface area (Å²) in [6.07, 6.45) is 9.04. The average Bonchev–Trinajstić information content (AvgIpc) is 2.39. The number of fused-ring (bicyclic) bond motifs is 1. The summed E-state index contributed by atoms with van der Waals surface area (Å²) in [5.41, 5.74) is 1.37. The van der Waals surface area contributed by atoms with Gasteiger partial charge in [0.1, 0.15) is 11.4 Å². The molecule has 1 aliphatic heterocycles. The number of hydrogen-bond acceptors (Lipinski definition) is 2. The van der Waals surface area contributed by atoms with Gasteiger partial charge in [0.2, 0.25) is 0 Å². The molecule has 0 fully saturated rings. The molecule has 0 bridgehead atoms. The van der Waals surface area contributed by atoms with Gasteiger partial charge in [-0.1, -0.05) is 30.4 Å². The van der Waals surface area contributed by atoms with E-state index in [0.29, 0.717) is 0 Å². The summed E-state index contributed by atoms with van der Waals surface area (Å²) in [7, 11) is 0. The molecule has 0 aromatic heterocycles. The van der Waals surface area contributed by atoms with E-state index >= 15 is 0 Å². The maximum atomic E-state index is 10.7. The van der Waals surface area contributed by atoms with Crippen LogP contribution in [0.1, 0.15) is 36.8 Å². The zero-order chi connectivity index (χ0) is 11.7. The molecule has 1 N–H and O–H groups in total. The summed E-state index contributed by atoms with van der Waals surface area (Å²) >= 11 is 0. The number of rotatable bonds is 1. The van der Waals surface area contributed by atoms with Crippen LogP contribution in [-0.2, 0) is 12.0 Å². The van der Waals surface area contributed by atoms with Crippen LogP contribution in [0.3, 0.4) is 0 Å². The van der Waals surface area contributed by atoms with Crippen LogP contribution < -0.4 is 4.74 Å². The van der Waals surface area contributed by atoms with Crippen LogP contribution in [0, 0.1) is 0 Å². The molecular formula is C15H18O2. The highest BCUT2D eigenvalue weighted by Crippen LogP contribution is 2.40. The third kappa shape index (κ3) is 1.87. The maximum absolute atomic E-state index is 10.7. The Kier molecular flexibility index (Phi) is 2.67. The Morgan fingerprint density at radius 3 is 3.00 bits per heavy atom. The monoisotopic (exact) mass is 230 g/mol. The first-order chi connectivity index (χ1) is 8.30. The van der Waals surface area contributed by atoms with Gasteiger partial charge in [0.05, 0.1) is 6.61 Å². The fourth-order valence-corrected chi connectivity index (χ4v) is 2.81. The molecule has 1 aromatic carbocycles. The van der Waals surface area contributed by atoms with E-state index in [2.05, 4.69) is 12.1 Å². The predicted octanol–water partition coefficient (Wildman–Crippen LogP) is 2.94. The van der Waals surface area contributed by atoms with Gasteiger partial charge in [0.15, 0.2) is 0 Å². The van der Waals surface area contributed by atoms with Crippen LogP contribution in [0.2, 0.25) is 0 Å². The molecule has 1 unspecified atom stereocenters. The second-order valence-corrected chi connectivity index (χ2v) is 4.96. The Balaban J connectivity index is 2.08. The van der Waals surface area contributed by atoms with E-state index in [1.807, 2.05) is 18.2 Å². The van der Waals surface area contributed by atoms with Crippen molar-refractivity contribution in [2.45, 2.75) is 37.7 Å². The minimum Gasteiger partial charge on any atom is -0.493 e. The first kappa shape index (κ1) is 10.8. The number of para-hydroxylation sites is 1. The predicted molar refractivity (Wildman–Crippen MR) is 67.1 cm³/mol. The highest BCUT2D eigenvalue weighted by molar-refractivity contribution is 5.47. The Bertz CT molecular complexity index is 450. The third-order valence-corrected chi connectivity index (χ3v) is 3.72. The van der Waals surface area contributed by atoms with Gasteiger partial charge in [0, 0.05) is 5.56 Å². The molecule has 0 saturated carbocycles. The molecule has 0 spiro atoms. The smallest absolute Gasteiger partial charge is 0.128 e. The van der Waals surface area contributed by atoms with E-state index in [9.17, 15) is 5.11 Å². The van der Waals surface area contributed by atoms with Crippen LogP contribution in [-0.4, -0.2) is 11.7 Å². The lowest BCUT2D eigenvalue weighted by Gasteiger charge is -2.31. The lowest BCUT2D eigenvalue weighted by atomic mass is 9.82. The van der Waals surface area contributed by atoms with E-state index in [4.69, 9.17) is 4.74 Å². The Morgan fingerprint density at radius 1 is 1.24 bits per heavy atom. The van der Waals surface area contributed by atoms with Crippen LogP contribution in [0.4, 0.5) is 0 Å². The quantitative estimate of drug-likeness (QED) is 0.752. The number of aliphatic hydroxyl groups is 1. The summed E-state index contributed by atoms with van der Waals surface area (Å²) in [5, 5.41) is 10.7. The zero-order valence-electron chi connectivity index (χ0n) is 9.98. The zero-order valence-corrected chi connectivity index (χ0v) is 9.98. The Labute approximate surface area is 102 Å². The van der Waals surface area contributed by atoms with Gasteiger partial charge in [-0.3, -0.25) is 0 Å². The molecule has 2 heteroatoms. The van der Waals surface area contributed by atoms with Crippen molar-refractivity contribution >= 4 is 0 Å². The van der Waals surface area contributed by atoms with Gasteiger partial charge in [-0.15, -0.1) is 0 Å². The normalized spacial score (nSPS) is 27.4. The van der Waals surface area contributed by atoms with Crippen molar-refractivity contribution in [3.63, 3.8) is 0 Å². The third-order valence-electron chi connectivity index (χ3n) is 3.72. The van der Waals surface area contributed by atoms with E-state index < -0.39 is 5.60 Å². The maximum Gasteiger partial charge on any atom is 0.128 e. The topological polar surface area (TPSA) is 29.5 Å². The molecule has 17 heavy (non-hydrogen) atoms. The summed E-state index contributed by atoms with van der Waals surface area (Å²) in [6, 6.07) is 6.14. The largest absolute Gasteiger partial charge is 0.493 e. The number of ether oxygens (including phenoxy) is 1. The fourth-order valence-electron chi connectivity index (χ4n) is 2.81. The van der Waals surface area contributed by atoms with Crippen LogP contribution >= 0.6 is 0 Å². The molecule has 1 atom stereocenters. The summed E-state index contributed by atoms with van der Waals surface area (Å²) in [5.74, 6) is 0.924. The molecule has 1 aromatic rings. The lowest BCUT2D eigenvalue weighted by molar-refractivity contribution is 0.0682. The second kappa shape index (κ2) is 4.19. The van der Waals surface area contributed by atoms with Crippen LogP contribution in [0.15, 0.2) is 30.4 Å². The van der Waals surface area contributed by atoms with E-state index in [1.165, 1.54) is 5.56 Å². The number of benzene rings is 1. The molecule has 2 aliphatic rings. The van der Waals surface area contributed by atoms with Crippen LogP contribution in [0.5, 0.6) is 5.75 Å². The van der Waals surface area contributed by atoms with Crippen molar-refractivity contribution in [3.05, 3.63) is 41.5 Å². The van der Waals surface area contributed by atoms with E-state index in [0.717, 1.165) is 50.0 Å². The molecule has 0 radical (unpaired) electrons. The molecule has 3 rings (SSSR count). The first-order valence-electron chi connectivity index (χ1n) is 6.45. The van der Waals surface area contributed by atoms with Crippen LogP contribution in [0.25, 0.3) is 0 Å². The van der Waals surface area contributed by atoms with Crippen molar-refractivity contribution in [1.29, 1.82) is 0 Å². The molecule has 0 amide bonds. The van der Waals surface area contributed by atoms with Crippen molar-refractivity contribution in [3.8, 4) is 5.75 Å². The minimum absolute atomic E-state index is 0.768. The Hall–Kier alpha value is -1.28. The second-order valence-electron chi connectivity index (χ2n) is 4.96. The number of allylic oxidation sites excluding steroid dienone is 1. The highest BCUT2D eigenvalue weighted by Gasteiger charge is 2.32. The SMILES string of the molecule is OC1(c2cccc3c2OCCC3)C=CCCC1. The molecule has 90 valence electrons. The highest BCUT2D eigenvalue weighted by atomic mass is 16.5. The summed E-state index contributed by atoms with van der Waals surface area (Å²) in [4.78, 5) is 0. The Morgan fingerprint density at radius 2 is 2.18 bits per heavy atom. The van der Waals surface area contributed by atoms with Crippen molar-refractivity contribution in [2.75, 3.05) is 6.61 Å². The average molecular weight is 230 g/mol. The molecule has 2 nitrogen and oxygen atoms in total. The van der Waals surface area contributed by atoms with Gasteiger partial charge in [-0.05, 0) is 37.7 Å². The van der Waals surface area contributed by atoms with Crippen molar-refractivity contribution in [2.24, 2.45) is 0 Å². The molecule has 1 heterocycles. The van der Waals surface area contributed by atoms with Gasteiger partial charge in [-0.2, -0.15) is 0 Å². The van der Waals surface area contributed by atoms with E-state index in [-0.39, 0.29) is 0 Å². The van der Waals surface area contributed by atoms with Gasteiger partial charge < -0.3 is 9.84 Å². The lowest BCUT2D eigenvalue weighted by Crippen LogP contribution is -2.27. The van der Waals surface area contributed by atoms with Crippen molar-refractivity contribution in [1.82, 2.24) is 0 Å². The summed E-state index contributed by atoms with van der Waals surface area (Å²) < 4.78 is 5.78. The van der Waals surface area contributed by atoms with E-state index in [1.54, 1.807) is 0 Å². The first-order valence-corrected chi connectivity index (χ1v) is 6.45. The standard InChI is InChI=1S/C15H18O2/c16-15(9-2-1-3-10-15)13-8-4-6-12-7-5-11-17-14(12)13/h2,4,6,8-9,16H,1,3,5,7,10-11H2.